The Labute approximate surface area is 157 Å². The molecule has 2 aromatic rings. The molecule has 0 saturated carbocycles. The van der Waals surface area contributed by atoms with Crippen LogP contribution in [-0.2, 0) is 24.2 Å². The zero-order chi connectivity index (χ0) is 19.5. The standard InChI is InChI=1S/C18H18ClNO5S/c1-12(21)25-18(2,3)17(22)20-16-10-9-14(11-15(16)19)26(23,24)13-7-5-4-6-8-13/h4-11H,1-3H3,(H,20,22). The SMILES string of the molecule is CC(=O)OC(C)(C)C(=O)Nc1ccc(S(=O)(=O)c2ccccc2)cc1Cl. The van der Waals surface area contributed by atoms with Crippen molar-refractivity contribution in [2.45, 2.75) is 36.2 Å². The molecule has 1 amide bonds. The van der Waals surface area contributed by atoms with Crippen LogP contribution in [0.25, 0.3) is 0 Å². The summed E-state index contributed by atoms with van der Waals surface area (Å²) in [5.41, 5.74) is -1.19. The molecule has 26 heavy (non-hydrogen) atoms. The molecule has 2 aromatic carbocycles. The highest BCUT2D eigenvalue weighted by molar-refractivity contribution is 7.91. The Balaban J connectivity index is 2.28. The minimum atomic E-state index is -3.72. The summed E-state index contributed by atoms with van der Waals surface area (Å²) in [5.74, 6) is -1.19. The average Bonchev–Trinajstić information content (AvgIpc) is 2.56. The number of ether oxygens (including phenoxy) is 1. The van der Waals surface area contributed by atoms with Crippen molar-refractivity contribution < 1.29 is 22.7 Å². The van der Waals surface area contributed by atoms with Gasteiger partial charge in [-0.05, 0) is 44.2 Å². The average molecular weight is 396 g/mol. The molecule has 8 heteroatoms. The maximum absolute atomic E-state index is 12.6. The fourth-order valence-corrected chi connectivity index (χ4v) is 3.78. The second kappa shape index (κ2) is 7.47. The van der Waals surface area contributed by atoms with Crippen LogP contribution in [0.15, 0.2) is 58.3 Å². The van der Waals surface area contributed by atoms with E-state index >= 15 is 0 Å². The van der Waals surface area contributed by atoms with Crippen LogP contribution in [0, 0.1) is 0 Å². The van der Waals surface area contributed by atoms with E-state index in [9.17, 15) is 18.0 Å². The Hall–Kier alpha value is -2.38. The van der Waals surface area contributed by atoms with Gasteiger partial charge in [-0.1, -0.05) is 29.8 Å². The van der Waals surface area contributed by atoms with Gasteiger partial charge in [-0.25, -0.2) is 8.42 Å². The summed E-state index contributed by atoms with van der Waals surface area (Å²) in [7, 11) is -3.72. The van der Waals surface area contributed by atoms with Crippen molar-refractivity contribution >= 4 is 39.0 Å². The van der Waals surface area contributed by atoms with Gasteiger partial charge < -0.3 is 10.1 Å². The van der Waals surface area contributed by atoms with E-state index in [1.165, 1.54) is 51.1 Å². The molecule has 0 radical (unpaired) electrons. The van der Waals surface area contributed by atoms with E-state index in [-0.39, 0.29) is 20.5 Å². The van der Waals surface area contributed by atoms with Gasteiger partial charge in [0.15, 0.2) is 5.60 Å². The molecule has 2 rings (SSSR count). The van der Waals surface area contributed by atoms with E-state index in [1.54, 1.807) is 18.2 Å². The maximum Gasteiger partial charge on any atom is 0.303 e. The van der Waals surface area contributed by atoms with Crippen LogP contribution in [0.2, 0.25) is 5.02 Å². The lowest BCUT2D eigenvalue weighted by molar-refractivity contribution is -0.160. The summed E-state index contributed by atoms with van der Waals surface area (Å²) >= 11 is 6.14. The monoisotopic (exact) mass is 395 g/mol. The summed E-state index contributed by atoms with van der Waals surface area (Å²) in [6.07, 6.45) is 0. The third kappa shape index (κ3) is 4.42. The first-order valence-electron chi connectivity index (χ1n) is 7.65. The molecule has 0 aromatic heterocycles. The van der Waals surface area contributed by atoms with Crippen LogP contribution in [-0.4, -0.2) is 25.9 Å². The summed E-state index contributed by atoms with van der Waals surface area (Å²) in [6.45, 7) is 4.07. The fourth-order valence-electron chi connectivity index (χ4n) is 2.18. The van der Waals surface area contributed by atoms with Gasteiger partial charge in [-0.15, -0.1) is 0 Å². The minimum absolute atomic E-state index is 0.00550. The predicted molar refractivity (Wildman–Crippen MR) is 97.8 cm³/mol. The van der Waals surface area contributed by atoms with E-state index in [0.717, 1.165) is 0 Å². The van der Waals surface area contributed by atoms with Crippen LogP contribution >= 0.6 is 11.6 Å². The largest absolute Gasteiger partial charge is 0.450 e. The van der Waals surface area contributed by atoms with E-state index in [0.29, 0.717) is 0 Å². The smallest absolute Gasteiger partial charge is 0.303 e. The number of carbonyl (C=O) groups is 2. The number of nitrogens with one attached hydrogen (secondary N) is 1. The number of hydrogen-bond donors (Lipinski definition) is 1. The molecule has 0 fully saturated rings. The van der Waals surface area contributed by atoms with Gasteiger partial charge in [0, 0.05) is 6.92 Å². The number of benzene rings is 2. The molecule has 0 bridgehead atoms. The van der Waals surface area contributed by atoms with Crippen LogP contribution < -0.4 is 5.32 Å². The first-order valence-corrected chi connectivity index (χ1v) is 9.51. The topological polar surface area (TPSA) is 89.5 Å². The summed E-state index contributed by atoms with van der Waals surface area (Å²) in [5, 5.41) is 2.58. The molecule has 1 N–H and O–H groups in total. The number of amides is 1. The second-order valence-electron chi connectivity index (χ2n) is 6.02. The number of esters is 1. The molecular formula is C18H18ClNO5S. The summed E-state index contributed by atoms with van der Waals surface area (Å²) in [4.78, 5) is 23.5. The Morgan fingerprint density at radius 2 is 1.65 bits per heavy atom. The first kappa shape index (κ1) is 19.9. The van der Waals surface area contributed by atoms with Crippen molar-refractivity contribution in [3.05, 3.63) is 53.6 Å². The number of hydrogen-bond acceptors (Lipinski definition) is 5. The van der Waals surface area contributed by atoms with Gasteiger partial charge in [0.25, 0.3) is 5.91 Å². The normalized spacial score (nSPS) is 11.7. The molecule has 0 atom stereocenters. The number of sulfone groups is 1. The summed E-state index contributed by atoms with van der Waals surface area (Å²) in [6, 6.07) is 11.9. The zero-order valence-electron chi connectivity index (χ0n) is 14.4. The van der Waals surface area contributed by atoms with Gasteiger partial charge in [0.2, 0.25) is 9.84 Å². The van der Waals surface area contributed by atoms with E-state index in [4.69, 9.17) is 16.3 Å². The quantitative estimate of drug-likeness (QED) is 0.783. The maximum atomic E-state index is 12.6. The third-order valence-electron chi connectivity index (χ3n) is 3.50. The van der Waals surface area contributed by atoms with Gasteiger partial charge in [-0.3, -0.25) is 9.59 Å². The van der Waals surface area contributed by atoms with Gasteiger partial charge in [-0.2, -0.15) is 0 Å². The van der Waals surface area contributed by atoms with E-state index in [2.05, 4.69) is 5.32 Å². The second-order valence-corrected chi connectivity index (χ2v) is 8.37. The third-order valence-corrected chi connectivity index (χ3v) is 5.58. The van der Waals surface area contributed by atoms with Crippen LogP contribution in [0.5, 0.6) is 0 Å². The van der Waals surface area contributed by atoms with Crippen molar-refractivity contribution in [3.63, 3.8) is 0 Å². The van der Waals surface area contributed by atoms with Crippen LogP contribution in [0.1, 0.15) is 20.8 Å². The van der Waals surface area contributed by atoms with Crippen molar-refractivity contribution in [2.75, 3.05) is 5.32 Å². The molecule has 0 heterocycles. The lowest BCUT2D eigenvalue weighted by Gasteiger charge is -2.23. The summed E-state index contributed by atoms with van der Waals surface area (Å²) < 4.78 is 30.2. The molecule has 0 aliphatic rings. The molecule has 0 unspecified atom stereocenters. The number of rotatable bonds is 5. The lowest BCUT2D eigenvalue weighted by atomic mass is 10.1. The lowest BCUT2D eigenvalue weighted by Crippen LogP contribution is -2.41. The van der Waals surface area contributed by atoms with E-state index < -0.39 is 27.3 Å². The molecule has 0 saturated heterocycles. The fraction of sp³-hybridized carbons (Fsp3) is 0.222. The predicted octanol–water partition coefficient (Wildman–Crippen LogP) is 3.45. The Kier molecular flexibility index (Phi) is 5.73. The van der Waals surface area contributed by atoms with Crippen molar-refractivity contribution in [1.29, 1.82) is 0 Å². The Morgan fingerprint density at radius 1 is 1.04 bits per heavy atom. The zero-order valence-corrected chi connectivity index (χ0v) is 16.0. The highest BCUT2D eigenvalue weighted by Gasteiger charge is 2.31. The van der Waals surface area contributed by atoms with Crippen molar-refractivity contribution in [3.8, 4) is 0 Å². The Bertz CT molecular complexity index is 939. The number of halogens is 1. The van der Waals surface area contributed by atoms with Crippen molar-refractivity contribution in [1.82, 2.24) is 0 Å². The van der Waals surface area contributed by atoms with Gasteiger partial charge in [0.1, 0.15) is 0 Å². The highest BCUT2D eigenvalue weighted by Crippen LogP contribution is 2.29. The molecule has 6 nitrogen and oxygen atoms in total. The van der Waals surface area contributed by atoms with Crippen molar-refractivity contribution in [2.24, 2.45) is 0 Å². The van der Waals surface area contributed by atoms with Crippen LogP contribution in [0.4, 0.5) is 5.69 Å². The molecule has 138 valence electrons. The Morgan fingerprint density at radius 3 is 2.19 bits per heavy atom. The molecule has 0 aliphatic heterocycles. The molecular weight excluding hydrogens is 378 g/mol. The number of anilines is 1. The van der Waals surface area contributed by atoms with Gasteiger partial charge in [0.05, 0.1) is 20.5 Å². The van der Waals surface area contributed by atoms with Gasteiger partial charge >= 0.3 is 5.97 Å². The highest BCUT2D eigenvalue weighted by atomic mass is 35.5. The first-order chi connectivity index (χ1) is 12.0. The number of carbonyl (C=O) groups excluding carboxylic acids is 2. The molecule has 0 spiro atoms. The molecule has 0 aliphatic carbocycles. The van der Waals surface area contributed by atoms with Crippen LogP contribution in [0.3, 0.4) is 0 Å². The minimum Gasteiger partial charge on any atom is -0.450 e. The van der Waals surface area contributed by atoms with E-state index in [1.807, 2.05) is 0 Å².